The van der Waals surface area contributed by atoms with Crippen LogP contribution in [0, 0.1) is 0 Å². The van der Waals surface area contributed by atoms with Crippen LogP contribution in [0.2, 0.25) is 0 Å². The minimum Gasteiger partial charge on any atom is -0.327 e. The van der Waals surface area contributed by atoms with Gasteiger partial charge in [0, 0.05) is 18.0 Å². The maximum Gasteiger partial charge on any atom is 0.279 e. The number of unbranched alkanes of at least 4 members (excludes halogenated alkanes) is 1. The normalized spacial score (nSPS) is 11.3. The molecule has 0 aliphatic carbocycles. The fourth-order valence-electron chi connectivity index (χ4n) is 2.86. The molecule has 3 aromatic rings. The molecule has 0 aliphatic heterocycles. The zero-order valence-electron chi connectivity index (χ0n) is 13.2. The van der Waals surface area contributed by atoms with Gasteiger partial charge in [-0.2, -0.15) is 0 Å². The molecule has 0 aliphatic rings. The van der Waals surface area contributed by atoms with Gasteiger partial charge in [-0.05, 0) is 26.3 Å². The second kappa shape index (κ2) is 6.53. The summed E-state index contributed by atoms with van der Waals surface area (Å²) in [6, 6.07) is 8.41. The summed E-state index contributed by atoms with van der Waals surface area (Å²) in [5.74, 6) is 0. The predicted molar refractivity (Wildman–Crippen MR) is 94.0 cm³/mol. The van der Waals surface area contributed by atoms with E-state index in [9.17, 15) is 4.79 Å². The highest BCUT2D eigenvalue weighted by atomic mass is 35.5. The molecule has 2 aromatic heterocycles. The van der Waals surface area contributed by atoms with E-state index in [0.29, 0.717) is 5.52 Å². The van der Waals surface area contributed by atoms with Gasteiger partial charge in [0.05, 0.1) is 17.4 Å². The van der Waals surface area contributed by atoms with Crippen molar-refractivity contribution in [1.82, 2.24) is 14.1 Å². The fourth-order valence-corrected chi connectivity index (χ4v) is 2.86. The van der Waals surface area contributed by atoms with Crippen molar-refractivity contribution in [1.29, 1.82) is 0 Å². The van der Waals surface area contributed by atoms with Crippen molar-refractivity contribution >= 4 is 34.3 Å². The van der Waals surface area contributed by atoms with Crippen molar-refractivity contribution in [2.45, 2.75) is 46.2 Å². The summed E-state index contributed by atoms with van der Waals surface area (Å²) in [6.07, 6.45) is 3.85. The molecule has 0 radical (unpaired) electrons. The SMILES string of the molecule is CCCCn1c(=O)c2ncn(C(C)C)c2c2ccccc21.Cl. The maximum absolute atomic E-state index is 12.8. The van der Waals surface area contributed by atoms with Crippen LogP contribution in [-0.4, -0.2) is 14.1 Å². The average molecular weight is 320 g/mol. The molecular formula is C17H22ClN3O. The van der Waals surface area contributed by atoms with Crippen molar-refractivity contribution in [2.75, 3.05) is 0 Å². The summed E-state index contributed by atoms with van der Waals surface area (Å²) < 4.78 is 3.96. The Kier molecular flexibility index (Phi) is 4.91. The Balaban J connectivity index is 0.00000176. The number of imidazole rings is 1. The summed E-state index contributed by atoms with van der Waals surface area (Å²) in [4.78, 5) is 17.2. The molecule has 3 rings (SSSR count). The number of hydrogen-bond donors (Lipinski definition) is 0. The van der Waals surface area contributed by atoms with E-state index < -0.39 is 0 Å². The molecule has 22 heavy (non-hydrogen) atoms. The lowest BCUT2D eigenvalue weighted by atomic mass is 10.1. The van der Waals surface area contributed by atoms with Gasteiger partial charge in [0.2, 0.25) is 0 Å². The third-order valence-corrected chi connectivity index (χ3v) is 3.98. The first-order chi connectivity index (χ1) is 10.1. The minimum atomic E-state index is 0. The average Bonchev–Trinajstić information content (AvgIpc) is 2.93. The van der Waals surface area contributed by atoms with E-state index in [1.54, 1.807) is 6.33 Å². The van der Waals surface area contributed by atoms with Crippen LogP contribution < -0.4 is 5.56 Å². The third-order valence-electron chi connectivity index (χ3n) is 3.98. The first-order valence-electron chi connectivity index (χ1n) is 7.63. The van der Waals surface area contributed by atoms with Gasteiger partial charge < -0.3 is 9.13 Å². The van der Waals surface area contributed by atoms with Gasteiger partial charge in [0.1, 0.15) is 0 Å². The molecule has 0 unspecified atom stereocenters. The highest BCUT2D eigenvalue weighted by Gasteiger charge is 2.16. The van der Waals surface area contributed by atoms with Crippen molar-refractivity contribution in [3.63, 3.8) is 0 Å². The van der Waals surface area contributed by atoms with Gasteiger partial charge >= 0.3 is 0 Å². The Morgan fingerprint density at radius 1 is 1.23 bits per heavy atom. The number of pyridine rings is 1. The number of halogens is 1. The van der Waals surface area contributed by atoms with Crippen LogP contribution in [0.1, 0.15) is 39.7 Å². The lowest BCUT2D eigenvalue weighted by Crippen LogP contribution is -2.21. The number of para-hydroxylation sites is 1. The van der Waals surface area contributed by atoms with Gasteiger partial charge in [0.15, 0.2) is 5.52 Å². The van der Waals surface area contributed by atoms with E-state index in [4.69, 9.17) is 0 Å². The van der Waals surface area contributed by atoms with Crippen LogP contribution in [-0.2, 0) is 6.54 Å². The number of benzene rings is 1. The number of fused-ring (bicyclic) bond motifs is 3. The number of rotatable bonds is 4. The monoisotopic (exact) mass is 319 g/mol. The molecule has 0 amide bonds. The fraction of sp³-hybridized carbons (Fsp3) is 0.412. The van der Waals surface area contributed by atoms with E-state index >= 15 is 0 Å². The topological polar surface area (TPSA) is 39.8 Å². The molecule has 0 spiro atoms. The summed E-state index contributed by atoms with van der Waals surface area (Å²) in [5.41, 5.74) is 2.57. The Morgan fingerprint density at radius 3 is 2.64 bits per heavy atom. The van der Waals surface area contributed by atoms with E-state index in [2.05, 4.69) is 36.4 Å². The molecule has 5 heteroatoms. The molecule has 0 saturated heterocycles. The highest BCUT2D eigenvalue weighted by molar-refractivity contribution is 6.02. The van der Waals surface area contributed by atoms with Gasteiger partial charge in [-0.1, -0.05) is 31.5 Å². The third kappa shape index (κ3) is 2.52. The van der Waals surface area contributed by atoms with E-state index in [1.165, 1.54) is 0 Å². The summed E-state index contributed by atoms with van der Waals surface area (Å²) >= 11 is 0. The van der Waals surface area contributed by atoms with E-state index in [0.717, 1.165) is 35.8 Å². The molecule has 4 nitrogen and oxygen atoms in total. The number of aryl methyl sites for hydroxylation is 1. The lowest BCUT2D eigenvalue weighted by Gasteiger charge is -2.13. The second-order valence-corrected chi connectivity index (χ2v) is 5.77. The molecule has 0 bridgehead atoms. The van der Waals surface area contributed by atoms with Crippen LogP contribution in [0.25, 0.3) is 21.9 Å². The van der Waals surface area contributed by atoms with Crippen LogP contribution in [0.4, 0.5) is 0 Å². The largest absolute Gasteiger partial charge is 0.327 e. The number of hydrogen-bond acceptors (Lipinski definition) is 2. The molecule has 1 aromatic carbocycles. The first kappa shape index (κ1) is 16.6. The highest BCUT2D eigenvalue weighted by Crippen LogP contribution is 2.24. The predicted octanol–water partition coefficient (Wildman–Crippen LogP) is 4.15. The van der Waals surface area contributed by atoms with Gasteiger partial charge in [-0.3, -0.25) is 4.79 Å². The van der Waals surface area contributed by atoms with Crippen LogP contribution in [0.15, 0.2) is 35.4 Å². The van der Waals surface area contributed by atoms with Crippen molar-refractivity contribution in [2.24, 2.45) is 0 Å². The lowest BCUT2D eigenvalue weighted by molar-refractivity contribution is 0.617. The summed E-state index contributed by atoms with van der Waals surface area (Å²) in [6.45, 7) is 7.11. The van der Waals surface area contributed by atoms with Gasteiger partial charge in [-0.15, -0.1) is 12.4 Å². The smallest absolute Gasteiger partial charge is 0.279 e. The molecule has 0 saturated carbocycles. The first-order valence-corrected chi connectivity index (χ1v) is 7.63. The summed E-state index contributed by atoms with van der Waals surface area (Å²) in [7, 11) is 0. The van der Waals surface area contributed by atoms with Crippen LogP contribution in [0.3, 0.4) is 0 Å². The van der Waals surface area contributed by atoms with Crippen molar-refractivity contribution < 1.29 is 0 Å². The van der Waals surface area contributed by atoms with Crippen LogP contribution in [0.5, 0.6) is 0 Å². The Morgan fingerprint density at radius 2 is 1.95 bits per heavy atom. The molecular weight excluding hydrogens is 298 g/mol. The Hall–Kier alpha value is -1.81. The quantitative estimate of drug-likeness (QED) is 0.724. The Bertz CT molecular complexity index is 848. The molecule has 118 valence electrons. The van der Waals surface area contributed by atoms with E-state index in [1.807, 2.05) is 22.8 Å². The van der Waals surface area contributed by atoms with Crippen molar-refractivity contribution in [3.8, 4) is 0 Å². The second-order valence-electron chi connectivity index (χ2n) is 5.77. The zero-order valence-corrected chi connectivity index (χ0v) is 14.1. The summed E-state index contributed by atoms with van der Waals surface area (Å²) in [5, 5.41) is 1.11. The van der Waals surface area contributed by atoms with E-state index in [-0.39, 0.29) is 24.0 Å². The molecule has 0 fully saturated rings. The number of nitrogens with zero attached hydrogens (tertiary/aromatic N) is 3. The Labute approximate surface area is 136 Å². The van der Waals surface area contributed by atoms with Crippen LogP contribution >= 0.6 is 12.4 Å². The molecule has 0 N–H and O–H groups in total. The number of aromatic nitrogens is 3. The molecule has 2 heterocycles. The maximum atomic E-state index is 12.8. The van der Waals surface area contributed by atoms with Gasteiger partial charge in [-0.25, -0.2) is 4.98 Å². The zero-order chi connectivity index (χ0) is 15.0. The van der Waals surface area contributed by atoms with Gasteiger partial charge in [0.25, 0.3) is 5.56 Å². The minimum absolute atomic E-state index is 0. The standard InChI is InChI=1S/C17H21N3O.ClH/c1-4-5-10-19-14-9-7-6-8-13(14)16-15(17(19)21)18-11-20(16)12(2)3;/h6-9,11-12H,4-5,10H2,1-3H3;1H. The molecule has 0 atom stereocenters. The van der Waals surface area contributed by atoms with Crippen molar-refractivity contribution in [3.05, 3.63) is 40.9 Å².